The van der Waals surface area contributed by atoms with E-state index >= 15 is 0 Å². The topological polar surface area (TPSA) is 64.1 Å². The van der Waals surface area contributed by atoms with Gasteiger partial charge in [-0.1, -0.05) is 12.1 Å². The Morgan fingerprint density at radius 3 is 2.68 bits per heavy atom. The molecule has 2 heterocycles. The standard InChI is InChI=1S/C22H20FN3O2/c1-13-8-19-14(10-22(2,3)28-19)9-16(13)18-11-25-20(12-24-18)26-21(27)15-6-4-5-7-17(15)23/h4-9,11-12H,10H2,1-3H3,(H,25,26,27). The van der Waals surface area contributed by atoms with E-state index in [1.54, 1.807) is 12.3 Å². The molecule has 0 spiro atoms. The zero-order valence-electron chi connectivity index (χ0n) is 15.9. The lowest BCUT2D eigenvalue weighted by Crippen LogP contribution is -2.24. The molecule has 6 heteroatoms. The number of aryl methyl sites for hydroxylation is 1. The number of aromatic nitrogens is 2. The van der Waals surface area contributed by atoms with Gasteiger partial charge in [-0.2, -0.15) is 0 Å². The van der Waals surface area contributed by atoms with Crippen LogP contribution in [0.1, 0.15) is 35.3 Å². The maximum Gasteiger partial charge on any atom is 0.259 e. The Morgan fingerprint density at radius 1 is 1.18 bits per heavy atom. The van der Waals surface area contributed by atoms with Crippen molar-refractivity contribution in [3.8, 4) is 17.0 Å². The molecule has 0 aliphatic carbocycles. The molecule has 5 nitrogen and oxygen atoms in total. The molecule has 1 amide bonds. The number of rotatable bonds is 3. The number of hydrogen-bond donors (Lipinski definition) is 1. The Bertz CT molecular complexity index is 1060. The minimum atomic E-state index is -0.580. The average Bonchev–Trinajstić information content (AvgIpc) is 2.95. The Morgan fingerprint density at radius 2 is 1.96 bits per heavy atom. The van der Waals surface area contributed by atoms with E-state index < -0.39 is 11.7 Å². The first kappa shape index (κ1) is 18.1. The van der Waals surface area contributed by atoms with Crippen LogP contribution in [0.15, 0.2) is 48.8 Å². The summed E-state index contributed by atoms with van der Waals surface area (Å²) in [6, 6.07) is 9.91. The van der Waals surface area contributed by atoms with Crippen LogP contribution in [0.5, 0.6) is 5.75 Å². The first-order valence-corrected chi connectivity index (χ1v) is 9.03. The van der Waals surface area contributed by atoms with Crippen molar-refractivity contribution in [2.75, 3.05) is 5.32 Å². The van der Waals surface area contributed by atoms with E-state index in [9.17, 15) is 9.18 Å². The van der Waals surface area contributed by atoms with Crippen molar-refractivity contribution < 1.29 is 13.9 Å². The largest absolute Gasteiger partial charge is 0.487 e. The van der Waals surface area contributed by atoms with Crippen molar-refractivity contribution in [2.24, 2.45) is 0 Å². The van der Waals surface area contributed by atoms with Crippen molar-refractivity contribution in [1.29, 1.82) is 0 Å². The number of carbonyl (C=O) groups is 1. The molecule has 4 rings (SSSR count). The number of carbonyl (C=O) groups excluding carboxylic acids is 1. The van der Waals surface area contributed by atoms with Crippen LogP contribution in [0.25, 0.3) is 11.3 Å². The molecule has 0 unspecified atom stereocenters. The van der Waals surface area contributed by atoms with Gasteiger partial charge in [-0.15, -0.1) is 0 Å². The molecule has 1 aliphatic rings. The van der Waals surface area contributed by atoms with Crippen LogP contribution in [-0.4, -0.2) is 21.5 Å². The molecule has 0 radical (unpaired) electrons. The minimum absolute atomic E-state index is 0.0366. The summed E-state index contributed by atoms with van der Waals surface area (Å²) in [7, 11) is 0. The van der Waals surface area contributed by atoms with Crippen molar-refractivity contribution in [2.45, 2.75) is 32.8 Å². The number of ether oxygens (including phenoxy) is 1. The molecule has 0 fully saturated rings. The summed E-state index contributed by atoms with van der Waals surface area (Å²) in [6.45, 7) is 6.13. The van der Waals surface area contributed by atoms with Gasteiger partial charge in [0.05, 0.1) is 23.7 Å². The second kappa shape index (κ2) is 6.71. The van der Waals surface area contributed by atoms with Gasteiger partial charge in [0.1, 0.15) is 17.2 Å². The quantitative estimate of drug-likeness (QED) is 0.727. The van der Waals surface area contributed by atoms with Gasteiger partial charge in [-0.25, -0.2) is 9.37 Å². The highest BCUT2D eigenvalue weighted by molar-refractivity contribution is 6.03. The number of benzene rings is 2. The number of halogens is 1. The molecule has 2 aromatic carbocycles. The Kier molecular flexibility index (Phi) is 4.34. The minimum Gasteiger partial charge on any atom is -0.487 e. The average molecular weight is 377 g/mol. The molecule has 0 bridgehead atoms. The maximum absolute atomic E-state index is 13.7. The highest BCUT2D eigenvalue weighted by Crippen LogP contribution is 2.38. The number of nitrogens with zero attached hydrogens (tertiary/aromatic N) is 2. The molecule has 28 heavy (non-hydrogen) atoms. The first-order valence-electron chi connectivity index (χ1n) is 9.03. The zero-order chi connectivity index (χ0) is 19.9. The van der Waals surface area contributed by atoms with Gasteiger partial charge in [-0.3, -0.25) is 9.78 Å². The van der Waals surface area contributed by atoms with Crippen molar-refractivity contribution in [3.05, 3.63) is 71.3 Å². The van der Waals surface area contributed by atoms with Crippen LogP contribution in [0.2, 0.25) is 0 Å². The van der Waals surface area contributed by atoms with Crippen LogP contribution < -0.4 is 10.1 Å². The zero-order valence-corrected chi connectivity index (χ0v) is 15.9. The summed E-state index contributed by atoms with van der Waals surface area (Å²) in [5.41, 5.74) is 3.61. The lowest BCUT2D eigenvalue weighted by Gasteiger charge is -2.16. The summed E-state index contributed by atoms with van der Waals surface area (Å²) >= 11 is 0. The van der Waals surface area contributed by atoms with Crippen LogP contribution >= 0.6 is 0 Å². The molecule has 1 aliphatic heterocycles. The number of hydrogen-bond acceptors (Lipinski definition) is 4. The fraction of sp³-hybridized carbons (Fsp3) is 0.227. The van der Waals surface area contributed by atoms with E-state index in [1.165, 1.54) is 24.4 Å². The molecular formula is C22H20FN3O2. The molecule has 1 N–H and O–H groups in total. The molecule has 1 aromatic heterocycles. The number of fused-ring (bicyclic) bond motifs is 1. The summed E-state index contributed by atoms with van der Waals surface area (Å²) in [6.07, 6.45) is 3.91. The maximum atomic E-state index is 13.7. The lowest BCUT2D eigenvalue weighted by molar-refractivity contribution is 0.102. The summed E-state index contributed by atoms with van der Waals surface area (Å²) in [5, 5.41) is 2.57. The van der Waals surface area contributed by atoms with Gasteiger partial charge in [0.2, 0.25) is 0 Å². The van der Waals surface area contributed by atoms with Gasteiger partial charge < -0.3 is 10.1 Å². The second-order valence-corrected chi connectivity index (χ2v) is 7.53. The SMILES string of the molecule is Cc1cc2c(cc1-c1cnc(NC(=O)c3ccccc3F)cn1)CC(C)(C)O2. The second-order valence-electron chi connectivity index (χ2n) is 7.53. The smallest absolute Gasteiger partial charge is 0.259 e. The molecule has 142 valence electrons. The van der Waals surface area contributed by atoms with Crippen LogP contribution in [0.3, 0.4) is 0 Å². The number of nitrogens with one attached hydrogen (secondary N) is 1. The van der Waals surface area contributed by atoms with Crippen molar-refractivity contribution in [1.82, 2.24) is 9.97 Å². The Balaban J connectivity index is 1.56. The monoisotopic (exact) mass is 377 g/mol. The highest BCUT2D eigenvalue weighted by Gasteiger charge is 2.30. The molecule has 0 saturated carbocycles. The first-order chi connectivity index (χ1) is 13.3. The summed E-state index contributed by atoms with van der Waals surface area (Å²) in [4.78, 5) is 20.9. The third-order valence-corrected chi connectivity index (χ3v) is 4.70. The van der Waals surface area contributed by atoms with Gasteiger partial charge >= 0.3 is 0 Å². The summed E-state index contributed by atoms with van der Waals surface area (Å²) in [5.74, 6) is 0.0324. The third-order valence-electron chi connectivity index (χ3n) is 4.70. The van der Waals surface area contributed by atoms with E-state index in [-0.39, 0.29) is 17.0 Å². The fourth-order valence-electron chi connectivity index (χ4n) is 3.39. The number of amides is 1. The Hall–Kier alpha value is -3.28. The van der Waals surface area contributed by atoms with E-state index in [2.05, 4.69) is 35.2 Å². The van der Waals surface area contributed by atoms with Gasteiger partial charge in [0, 0.05) is 12.0 Å². The van der Waals surface area contributed by atoms with Gasteiger partial charge in [0.25, 0.3) is 5.91 Å². The molecule has 3 aromatic rings. The fourth-order valence-corrected chi connectivity index (χ4v) is 3.39. The van der Waals surface area contributed by atoms with Gasteiger partial charge in [0.15, 0.2) is 5.82 Å². The van der Waals surface area contributed by atoms with E-state index in [0.717, 1.165) is 28.9 Å². The van der Waals surface area contributed by atoms with Crippen LogP contribution in [0, 0.1) is 12.7 Å². The van der Waals surface area contributed by atoms with E-state index in [4.69, 9.17) is 4.74 Å². The predicted octanol–water partition coefficient (Wildman–Crippen LogP) is 4.56. The molecule has 0 saturated heterocycles. The van der Waals surface area contributed by atoms with Crippen LogP contribution in [-0.2, 0) is 6.42 Å². The molecule has 0 atom stereocenters. The Labute approximate surface area is 162 Å². The van der Waals surface area contributed by atoms with E-state index in [1.807, 2.05) is 13.0 Å². The highest BCUT2D eigenvalue weighted by atomic mass is 19.1. The van der Waals surface area contributed by atoms with Crippen LogP contribution in [0.4, 0.5) is 10.2 Å². The predicted molar refractivity (Wildman–Crippen MR) is 105 cm³/mol. The third kappa shape index (κ3) is 3.45. The van der Waals surface area contributed by atoms with Gasteiger partial charge in [-0.05, 0) is 56.2 Å². The van der Waals surface area contributed by atoms with Crippen molar-refractivity contribution >= 4 is 11.7 Å². The molecular weight excluding hydrogens is 357 g/mol. The van der Waals surface area contributed by atoms with E-state index in [0.29, 0.717) is 5.69 Å². The number of anilines is 1. The lowest BCUT2D eigenvalue weighted by atomic mass is 9.97. The summed E-state index contributed by atoms with van der Waals surface area (Å²) < 4.78 is 19.7. The van der Waals surface area contributed by atoms with Crippen molar-refractivity contribution in [3.63, 3.8) is 0 Å². The normalized spacial score (nSPS) is 14.3.